The van der Waals surface area contributed by atoms with E-state index in [2.05, 4.69) is 0 Å². The summed E-state index contributed by atoms with van der Waals surface area (Å²) in [7, 11) is 0. The van der Waals surface area contributed by atoms with Crippen molar-refractivity contribution in [2.24, 2.45) is 0 Å². The summed E-state index contributed by atoms with van der Waals surface area (Å²) in [6.45, 7) is 0.547. The topological polar surface area (TPSA) is 75.8 Å². The van der Waals surface area contributed by atoms with E-state index >= 15 is 0 Å². The van der Waals surface area contributed by atoms with Crippen LogP contribution in [0.15, 0.2) is 46.1 Å². The lowest BCUT2D eigenvalue weighted by molar-refractivity contribution is -0.139. The molecule has 0 radical (unpaired) electrons. The Hall–Kier alpha value is -3.04. The zero-order chi connectivity index (χ0) is 19.6. The van der Waals surface area contributed by atoms with Crippen molar-refractivity contribution in [3.63, 3.8) is 0 Å². The zero-order valence-corrected chi connectivity index (χ0v) is 14.1. The maximum Gasteiger partial charge on any atom is 0.417 e. The molecule has 1 aliphatic heterocycles. The number of carbonyl (C=O) groups excluding carboxylic acids is 2. The Balaban J connectivity index is 1.62. The van der Waals surface area contributed by atoms with Crippen LogP contribution in [-0.4, -0.2) is 52.4 Å². The lowest BCUT2D eigenvalue weighted by Crippen LogP contribution is -2.51. The quantitative estimate of drug-likeness (QED) is 0.804. The molecule has 0 saturated carbocycles. The minimum absolute atomic E-state index is 0.218. The number of nitrogens with zero attached hydrogens (tertiary/aromatic N) is 3. The van der Waals surface area contributed by atoms with E-state index in [0.717, 1.165) is 10.6 Å². The van der Waals surface area contributed by atoms with Crippen molar-refractivity contribution in [1.82, 2.24) is 14.4 Å². The number of hydrogen-bond donors (Lipinski definition) is 0. The highest BCUT2D eigenvalue weighted by Crippen LogP contribution is 2.28. The van der Waals surface area contributed by atoms with Gasteiger partial charge in [0.1, 0.15) is 12.8 Å². The number of hydrogen-bond acceptors (Lipinski definition) is 4. The van der Waals surface area contributed by atoms with Gasteiger partial charge in [0.15, 0.2) is 0 Å². The van der Waals surface area contributed by atoms with E-state index < -0.39 is 29.8 Å². The van der Waals surface area contributed by atoms with Crippen LogP contribution < -0.4 is 5.56 Å². The number of aromatic nitrogens is 1. The average molecular weight is 383 g/mol. The second kappa shape index (κ2) is 7.29. The fourth-order valence-electron chi connectivity index (χ4n) is 2.80. The molecule has 2 aromatic rings. The Morgan fingerprint density at radius 3 is 2.30 bits per heavy atom. The largest absolute Gasteiger partial charge is 0.472 e. The Labute approximate surface area is 151 Å². The summed E-state index contributed by atoms with van der Waals surface area (Å²) in [5.74, 6) is -0.697. The minimum atomic E-state index is -4.60. The third-order valence-corrected chi connectivity index (χ3v) is 4.30. The van der Waals surface area contributed by atoms with Gasteiger partial charge in [0.25, 0.3) is 11.5 Å². The highest BCUT2D eigenvalue weighted by atomic mass is 19.4. The summed E-state index contributed by atoms with van der Waals surface area (Å²) >= 11 is 0. The predicted molar refractivity (Wildman–Crippen MR) is 86.9 cm³/mol. The number of halogens is 3. The molecule has 2 aromatic heterocycles. The van der Waals surface area contributed by atoms with E-state index in [-0.39, 0.29) is 32.1 Å². The molecule has 0 N–H and O–H groups in total. The number of amides is 2. The molecule has 144 valence electrons. The normalized spacial score (nSPS) is 15.1. The van der Waals surface area contributed by atoms with Crippen LogP contribution in [-0.2, 0) is 17.5 Å². The van der Waals surface area contributed by atoms with E-state index in [4.69, 9.17) is 4.42 Å². The molecule has 3 rings (SSSR count). The van der Waals surface area contributed by atoms with Crippen LogP contribution in [0.25, 0.3) is 0 Å². The molecule has 10 heteroatoms. The van der Waals surface area contributed by atoms with E-state index in [1.165, 1.54) is 17.4 Å². The maximum absolute atomic E-state index is 12.8. The minimum Gasteiger partial charge on any atom is -0.472 e. The number of rotatable bonds is 3. The third kappa shape index (κ3) is 4.21. The fourth-order valence-corrected chi connectivity index (χ4v) is 2.80. The molecule has 3 heterocycles. The maximum atomic E-state index is 12.8. The number of piperazine rings is 1. The van der Waals surface area contributed by atoms with E-state index in [1.807, 2.05) is 0 Å². The molecule has 1 saturated heterocycles. The lowest BCUT2D eigenvalue weighted by Gasteiger charge is -2.34. The zero-order valence-electron chi connectivity index (χ0n) is 14.1. The van der Waals surface area contributed by atoms with Crippen LogP contribution in [0, 0.1) is 0 Å². The second-order valence-corrected chi connectivity index (χ2v) is 6.07. The first-order valence-electron chi connectivity index (χ1n) is 8.12. The predicted octanol–water partition coefficient (Wildman–Crippen LogP) is 1.44. The fraction of sp³-hybridized carbons (Fsp3) is 0.353. The van der Waals surface area contributed by atoms with Crippen molar-refractivity contribution in [3.05, 3.63) is 58.4 Å². The molecule has 0 unspecified atom stereocenters. The molecule has 1 aliphatic rings. The summed E-state index contributed by atoms with van der Waals surface area (Å²) in [5.41, 5.74) is -1.28. The van der Waals surface area contributed by atoms with Gasteiger partial charge in [0, 0.05) is 38.4 Å². The van der Waals surface area contributed by atoms with Crippen LogP contribution in [0.1, 0.15) is 15.9 Å². The first kappa shape index (κ1) is 18.7. The SMILES string of the molecule is O=C(Cn1cc(C(F)(F)F)ccc1=O)N1CCN(C(=O)c2ccoc2)CC1. The second-order valence-electron chi connectivity index (χ2n) is 6.07. The molecule has 0 aromatic carbocycles. The number of furan rings is 1. The summed E-state index contributed by atoms with van der Waals surface area (Å²) in [6, 6.07) is 3.01. The van der Waals surface area contributed by atoms with Crippen LogP contribution in [0.4, 0.5) is 13.2 Å². The summed E-state index contributed by atoms with van der Waals surface area (Å²) in [4.78, 5) is 39.3. The van der Waals surface area contributed by atoms with Crippen molar-refractivity contribution in [2.45, 2.75) is 12.7 Å². The Bertz CT molecular complexity index is 882. The van der Waals surface area contributed by atoms with Gasteiger partial charge in [-0.1, -0.05) is 0 Å². The molecule has 1 fully saturated rings. The molecular weight excluding hydrogens is 367 g/mol. The van der Waals surface area contributed by atoms with Gasteiger partial charge in [-0.15, -0.1) is 0 Å². The third-order valence-electron chi connectivity index (χ3n) is 4.30. The molecule has 0 bridgehead atoms. The number of alkyl halides is 3. The van der Waals surface area contributed by atoms with Gasteiger partial charge in [-0.05, 0) is 12.1 Å². The van der Waals surface area contributed by atoms with Crippen LogP contribution in [0.3, 0.4) is 0 Å². The highest BCUT2D eigenvalue weighted by Gasteiger charge is 2.31. The summed E-state index contributed by atoms with van der Waals surface area (Å²) in [5, 5.41) is 0. The van der Waals surface area contributed by atoms with Crippen molar-refractivity contribution < 1.29 is 27.2 Å². The molecule has 27 heavy (non-hydrogen) atoms. The molecule has 7 nitrogen and oxygen atoms in total. The van der Waals surface area contributed by atoms with Crippen molar-refractivity contribution in [2.75, 3.05) is 26.2 Å². The highest BCUT2D eigenvalue weighted by molar-refractivity contribution is 5.94. The molecule has 0 aliphatic carbocycles. The Morgan fingerprint density at radius 1 is 1.04 bits per heavy atom. The van der Waals surface area contributed by atoms with Gasteiger partial charge in [0.2, 0.25) is 5.91 Å². The molecular formula is C17H16F3N3O4. The van der Waals surface area contributed by atoms with Gasteiger partial charge in [-0.25, -0.2) is 0 Å². The van der Waals surface area contributed by atoms with Gasteiger partial charge < -0.3 is 18.8 Å². The Morgan fingerprint density at radius 2 is 1.70 bits per heavy atom. The summed E-state index contributed by atoms with van der Waals surface area (Å²) in [6.07, 6.45) is -1.24. The van der Waals surface area contributed by atoms with Crippen LogP contribution in [0.2, 0.25) is 0 Å². The molecule has 0 atom stereocenters. The summed E-state index contributed by atoms with van der Waals surface area (Å²) < 4.78 is 43.9. The average Bonchev–Trinajstić information content (AvgIpc) is 3.16. The first-order chi connectivity index (χ1) is 12.8. The smallest absolute Gasteiger partial charge is 0.417 e. The van der Waals surface area contributed by atoms with E-state index in [1.54, 1.807) is 11.0 Å². The van der Waals surface area contributed by atoms with Crippen molar-refractivity contribution >= 4 is 11.8 Å². The molecule has 0 spiro atoms. The van der Waals surface area contributed by atoms with E-state index in [0.29, 0.717) is 17.8 Å². The lowest BCUT2D eigenvalue weighted by atomic mass is 10.2. The van der Waals surface area contributed by atoms with Crippen molar-refractivity contribution in [1.29, 1.82) is 0 Å². The number of pyridine rings is 1. The van der Waals surface area contributed by atoms with Crippen molar-refractivity contribution in [3.8, 4) is 0 Å². The molecule has 2 amide bonds. The monoisotopic (exact) mass is 383 g/mol. The number of carbonyl (C=O) groups is 2. The van der Waals surface area contributed by atoms with Gasteiger partial charge in [-0.2, -0.15) is 13.2 Å². The van der Waals surface area contributed by atoms with Gasteiger partial charge >= 0.3 is 6.18 Å². The van der Waals surface area contributed by atoms with Crippen LogP contribution in [0.5, 0.6) is 0 Å². The van der Waals surface area contributed by atoms with Gasteiger partial charge in [-0.3, -0.25) is 14.4 Å². The van der Waals surface area contributed by atoms with E-state index in [9.17, 15) is 27.6 Å². The standard InChI is InChI=1S/C17H16F3N3O4/c18-17(19,20)13-1-2-14(24)23(9-13)10-15(25)21-4-6-22(7-5-21)16(26)12-3-8-27-11-12/h1-3,8-9,11H,4-7,10H2. The Kier molecular flexibility index (Phi) is 5.06. The van der Waals surface area contributed by atoms with Crippen LogP contribution >= 0.6 is 0 Å². The van der Waals surface area contributed by atoms with Gasteiger partial charge in [0.05, 0.1) is 17.4 Å². The first-order valence-corrected chi connectivity index (χ1v) is 8.12.